The summed E-state index contributed by atoms with van der Waals surface area (Å²) < 4.78 is 0.445. The van der Waals surface area contributed by atoms with Gasteiger partial charge >= 0.3 is 0 Å². The van der Waals surface area contributed by atoms with Gasteiger partial charge in [0.2, 0.25) is 0 Å². The first-order valence-electron chi connectivity index (χ1n) is 4.65. The fourth-order valence-corrected chi connectivity index (χ4v) is 2.27. The normalized spacial score (nSPS) is 17.9. The third kappa shape index (κ3) is 2.15. The molecule has 76 valence electrons. The first kappa shape index (κ1) is 10.1. The van der Waals surface area contributed by atoms with E-state index in [1.165, 1.54) is 12.8 Å². The Morgan fingerprint density at radius 2 is 2.43 bits per heavy atom. The highest BCUT2D eigenvalue weighted by Gasteiger charge is 2.41. The predicted molar refractivity (Wildman–Crippen MR) is 63.2 cm³/mol. The first-order valence-corrected chi connectivity index (χ1v) is 6.26. The number of thioether (sulfide) groups is 1. The molecule has 0 aromatic carbocycles. The lowest BCUT2D eigenvalue weighted by Gasteiger charge is -2.13. The summed E-state index contributed by atoms with van der Waals surface area (Å²) in [7, 11) is 0. The van der Waals surface area contributed by atoms with E-state index in [2.05, 4.69) is 16.6 Å². The summed E-state index contributed by atoms with van der Waals surface area (Å²) in [5, 5.41) is 4.00. The number of nitrogens with zero attached hydrogens (tertiary/aromatic N) is 1. The summed E-state index contributed by atoms with van der Waals surface area (Å²) >= 11 is 7.91. The molecule has 1 aromatic heterocycles. The molecule has 0 saturated heterocycles. The Kier molecular flexibility index (Phi) is 2.88. The number of pyridine rings is 1. The molecule has 1 N–H and O–H groups in total. The zero-order valence-corrected chi connectivity index (χ0v) is 9.66. The topological polar surface area (TPSA) is 24.9 Å². The summed E-state index contributed by atoms with van der Waals surface area (Å²) in [5.41, 5.74) is 0. The molecule has 0 amide bonds. The molecule has 2 rings (SSSR count). The molecule has 1 aliphatic carbocycles. The maximum Gasteiger partial charge on any atom is 0.144 e. The Balaban J connectivity index is 1.95. The quantitative estimate of drug-likeness (QED) is 0.858. The van der Waals surface area contributed by atoms with Gasteiger partial charge in [0, 0.05) is 17.5 Å². The van der Waals surface area contributed by atoms with E-state index in [1.807, 2.05) is 23.9 Å². The van der Waals surface area contributed by atoms with Crippen molar-refractivity contribution in [1.29, 1.82) is 0 Å². The number of nitrogens with one attached hydrogen (secondary N) is 1. The standard InChI is InChI=1S/C10H13ClN2S/c1-14-10(4-5-10)7-13-9-8(11)3-2-6-12-9/h2-3,6H,4-5,7H2,1H3,(H,12,13). The second-order valence-corrected chi connectivity index (χ2v) is 5.26. The second kappa shape index (κ2) is 3.99. The summed E-state index contributed by atoms with van der Waals surface area (Å²) in [6, 6.07) is 3.70. The Morgan fingerprint density at radius 3 is 3.00 bits per heavy atom. The van der Waals surface area contributed by atoms with Crippen LogP contribution in [0.3, 0.4) is 0 Å². The third-order valence-electron chi connectivity index (χ3n) is 2.58. The zero-order valence-electron chi connectivity index (χ0n) is 8.09. The van der Waals surface area contributed by atoms with Crippen LogP contribution in [0.1, 0.15) is 12.8 Å². The van der Waals surface area contributed by atoms with Gasteiger partial charge in [0.25, 0.3) is 0 Å². The third-order valence-corrected chi connectivity index (χ3v) is 4.30. The van der Waals surface area contributed by atoms with Gasteiger partial charge in [0.05, 0.1) is 5.02 Å². The van der Waals surface area contributed by atoms with Crippen molar-refractivity contribution in [3.05, 3.63) is 23.4 Å². The van der Waals surface area contributed by atoms with E-state index < -0.39 is 0 Å². The molecule has 0 atom stereocenters. The van der Waals surface area contributed by atoms with Crippen molar-refractivity contribution in [2.75, 3.05) is 18.1 Å². The Labute approximate surface area is 93.4 Å². The van der Waals surface area contributed by atoms with E-state index in [-0.39, 0.29) is 0 Å². The van der Waals surface area contributed by atoms with Gasteiger partial charge in [-0.3, -0.25) is 0 Å². The molecule has 1 saturated carbocycles. The molecule has 14 heavy (non-hydrogen) atoms. The van der Waals surface area contributed by atoms with Crippen molar-refractivity contribution in [1.82, 2.24) is 4.98 Å². The van der Waals surface area contributed by atoms with Crippen molar-refractivity contribution in [3.63, 3.8) is 0 Å². The highest BCUT2D eigenvalue weighted by molar-refractivity contribution is 8.00. The van der Waals surface area contributed by atoms with E-state index >= 15 is 0 Å². The minimum Gasteiger partial charge on any atom is -0.367 e. The second-order valence-electron chi connectivity index (χ2n) is 3.57. The van der Waals surface area contributed by atoms with Crippen LogP contribution in [0, 0.1) is 0 Å². The Morgan fingerprint density at radius 1 is 1.64 bits per heavy atom. The molecule has 4 heteroatoms. The van der Waals surface area contributed by atoms with E-state index in [4.69, 9.17) is 11.6 Å². The van der Waals surface area contributed by atoms with Gasteiger partial charge in [-0.15, -0.1) is 0 Å². The van der Waals surface area contributed by atoms with Crippen LogP contribution < -0.4 is 5.32 Å². The SMILES string of the molecule is CSC1(CNc2ncccc2Cl)CC1. The van der Waals surface area contributed by atoms with Crippen molar-refractivity contribution >= 4 is 29.2 Å². The summed E-state index contributed by atoms with van der Waals surface area (Å²) in [6.07, 6.45) is 6.51. The van der Waals surface area contributed by atoms with Crippen LogP contribution in [0.4, 0.5) is 5.82 Å². The summed E-state index contributed by atoms with van der Waals surface area (Å²) in [6.45, 7) is 0.963. The highest BCUT2D eigenvalue weighted by Crippen LogP contribution is 2.47. The lowest BCUT2D eigenvalue weighted by Crippen LogP contribution is -2.18. The Hall–Kier alpha value is -0.410. The van der Waals surface area contributed by atoms with Crippen LogP contribution in [-0.2, 0) is 0 Å². The lowest BCUT2D eigenvalue weighted by atomic mass is 10.4. The average Bonchev–Trinajstić information content (AvgIpc) is 2.98. The van der Waals surface area contributed by atoms with Gasteiger partial charge < -0.3 is 5.32 Å². The monoisotopic (exact) mass is 228 g/mol. The molecule has 0 aliphatic heterocycles. The van der Waals surface area contributed by atoms with Gasteiger partial charge in [-0.25, -0.2) is 4.98 Å². The summed E-state index contributed by atoms with van der Waals surface area (Å²) in [5.74, 6) is 0.800. The largest absolute Gasteiger partial charge is 0.367 e. The molecular formula is C10H13ClN2S. The number of hydrogen-bond acceptors (Lipinski definition) is 3. The maximum absolute atomic E-state index is 5.98. The van der Waals surface area contributed by atoms with Crippen LogP contribution in [0.5, 0.6) is 0 Å². The van der Waals surface area contributed by atoms with Crippen molar-refractivity contribution in [2.24, 2.45) is 0 Å². The van der Waals surface area contributed by atoms with Crippen molar-refractivity contribution in [3.8, 4) is 0 Å². The van der Waals surface area contributed by atoms with Gasteiger partial charge in [0.1, 0.15) is 5.82 Å². The molecule has 0 bridgehead atoms. The maximum atomic E-state index is 5.98. The highest BCUT2D eigenvalue weighted by atomic mass is 35.5. The van der Waals surface area contributed by atoms with E-state index in [9.17, 15) is 0 Å². The zero-order chi connectivity index (χ0) is 10.0. The molecule has 1 heterocycles. The molecule has 1 aromatic rings. The van der Waals surface area contributed by atoms with Crippen molar-refractivity contribution in [2.45, 2.75) is 17.6 Å². The minimum atomic E-state index is 0.445. The molecular weight excluding hydrogens is 216 g/mol. The fraction of sp³-hybridized carbons (Fsp3) is 0.500. The minimum absolute atomic E-state index is 0.445. The number of halogens is 1. The Bertz CT molecular complexity index is 326. The average molecular weight is 229 g/mol. The van der Waals surface area contributed by atoms with Gasteiger partial charge in [-0.1, -0.05) is 11.6 Å². The number of hydrogen-bond donors (Lipinski definition) is 1. The molecule has 0 unspecified atom stereocenters. The number of anilines is 1. The number of rotatable bonds is 4. The lowest BCUT2D eigenvalue weighted by molar-refractivity contribution is 0.940. The van der Waals surface area contributed by atoms with E-state index in [0.717, 1.165) is 12.4 Å². The van der Waals surface area contributed by atoms with Crippen LogP contribution >= 0.6 is 23.4 Å². The van der Waals surface area contributed by atoms with E-state index in [1.54, 1.807) is 6.20 Å². The van der Waals surface area contributed by atoms with Gasteiger partial charge in [-0.05, 0) is 31.2 Å². The first-order chi connectivity index (χ1) is 6.76. The molecule has 1 aliphatic rings. The van der Waals surface area contributed by atoms with Crippen LogP contribution in [0.2, 0.25) is 5.02 Å². The van der Waals surface area contributed by atoms with Gasteiger partial charge in [0.15, 0.2) is 0 Å². The molecule has 0 spiro atoms. The van der Waals surface area contributed by atoms with Crippen molar-refractivity contribution < 1.29 is 0 Å². The fourth-order valence-electron chi connectivity index (χ4n) is 1.35. The van der Waals surface area contributed by atoms with Gasteiger partial charge in [-0.2, -0.15) is 11.8 Å². The van der Waals surface area contributed by atoms with Crippen LogP contribution in [0.15, 0.2) is 18.3 Å². The van der Waals surface area contributed by atoms with Crippen LogP contribution in [0.25, 0.3) is 0 Å². The number of aromatic nitrogens is 1. The van der Waals surface area contributed by atoms with E-state index in [0.29, 0.717) is 9.77 Å². The van der Waals surface area contributed by atoms with Crippen LogP contribution in [-0.4, -0.2) is 22.5 Å². The molecule has 0 radical (unpaired) electrons. The predicted octanol–water partition coefficient (Wildman–Crippen LogP) is 3.04. The molecule has 1 fully saturated rings. The smallest absolute Gasteiger partial charge is 0.144 e. The molecule has 2 nitrogen and oxygen atoms in total. The summed E-state index contributed by atoms with van der Waals surface area (Å²) in [4.78, 5) is 4.19.